The first-order valence-electron chi connectivity index (χ1n) is 3.48. The molecule has 0 fully saturated rings. The molecule has 3 nitrogen and oxygen atoms in total. The molecule has 0 N–H and O–H groups in total. The van der Waals surface area contributed by atoms with Gasteiger partial charge in [0, 0.05) is 38.8 Å². The summed E-state index contributed by atoms with van der Waals surface area (Å²) in [7, 11) is 3.90. The van der Waals surface area contributed by atoms with Crippen molar-refractivity contribution in [3.63, 3.8) is 0 Å². The maximum Gasteiger partial charge on any atom is 0.191 e. The molecule has 0 bridgehead atoms. The maximum absolute atomic E-state index is 10.9. The van der Waals surface area contributed by atoms with Crippen molar-refractivity contribution in [2.75, 3.05) is 19.0 Å². The zero-order valence-corrected chi connectivity index (χ0v) is 7.03. The minimum atomic E-state index is 0.719. The Morgan fingerprint density at radius 2 is 2.09 bits per heavy atom. The molecule has 1 heterocycles. The van der Waals surface area contributed by atoms with Crippen LogP contribution in [0.3, 0.4) is 0 Å². The Balaban J connectivity index is 3.05. The minimum Gasteiger partial charge on any atom is -0.619 e. The fourth-order valence-corrected chi connectivity index (χ4v) is 0.866. The predicted octanol–water partition coefficient (Wildman–Crippen LogP) is 0.694. The zero-order valence-electron chi connectivity index (χ0n) is 7.03. The van der Waals surface area contributed by atoms with Crippen molar-refractivity contribution in [3.8, 4) is 0 Å². The van der Waals surface area contributed by atoms with Gasteiger partial charge in [0.1, 0.15) is 0 Å². The molecule has 1 aromatic rings. The highest BCUT2D eigenvalue weighted by atomic mass is 16.5. The van der Waals surface area contributed by atoms with Gasteiger partial charge >= 0.3 is 0 Å². The average Bonchev–Trinajstić information content (AvgIpc) is 1.94. The summed E-state index contributed by atoms with van der Waals surface area (Å²) in [5, 5.41) is 10.9. The largest absolute Gasteiger partial charge is 0.619 e. The number of pyridine rings is 1. The van der Waals surface area contributed by atoms with Gasteiger partial charge in [-0.1, -0.05) is 0 Å². The first kappa shape index (κ1) is 7.85. The van der Waals surface area contributed by atoms with E-state index in [4.69, 9.17) is 0 Å². The fraction of sp³-hybridized carbons (Fsp3) is 0.375. The van der Waals surface area contributed by atoms with Crippen molar-refractivity contribution in [2.24, 2.45) is 0 Å². The van der Waals surface area contributed by atoms with Crippen LogP contribution < -0.4 is 9.63 Å². The molecule has 0 aliphatic heterocycles. The molecular weight excluding hydrogens is 140 g/mol. The molecule has 0 aromatic carbocycles. The molecule has 0 aliphatic rings. The summed E-state index contributed by atoms with van der Waals surface area (Å²) in [5.74, 6) is 0. The van der Waals surface area contributed by atoms with Gasteiger partial charge in [0.15, 0.2) is 11.9 Å². The Morgan fingerprint density at radius 3 is 2.55 bits per heavy atom. The standard InChI is InChI=1S/C8H12N2O/c1-7-6-8(9(2)3)4-5-10(7)11/h4-6H,1-3H3. The second-order valence-corrected chi connectivity index (χ2v) is 2.75. The van der Waals surface area contributed by atoms with Gasteiger partial charge in [-0.25, -0.2) is 0 Å². The number of aryl methyl sites for hydroxylation is 1. The van der Waals surface area contributed by atoms with Crippen LogP contribution in [0.4, 0.5) is 5.69 Å². The van der Waals surface area contributed by atoms with Crippen LogP contribution in [0.25, 0.3) is 0 Å². The molecule has 11 heavy (non-hydrogen) atoms. The lowest BCUT2D eigenvalue weighted by atomic mass is 10.3. The van der Waals surface area contributed by atoms with Crippen LogP contribution >= 0.6 is 0 Å². The van der Waals surface area contributed by atoms with Crippen LogP contribution in [-0.2, 0) is 0 Å². The maximum atomic E-state index is 10.9. The number of aromatic nitrogens is 1. The van der Waals surface area contributed by atoms with Crippen LogP contribution in [0.5, 0.6) is 0 Å². The zero-order chi connectivity index (χ0) is 8.43. The summed E-state index contributed by atoms with van der Waals surface area (Å²) >= 11 is 0. The summed E-state index contributed by atoms with van der Waals surface area (Å²) < 4.78 is 0.854. The Labute approximate surface area is 66.5 Å². The van der Waals surface area contributed by atoms with E-state index in [1.54, 1.807) is 13.0 Å². The third-order valence-corrected chi connectivity index (χ3v) is 1.60. The first-order chi connectivity index (χ1) is 5.11. The van der Waals surface area contributed by atoms with Crippen LogP contribution in [0.15, 0.2) is 18.3 Å². The van der Waals surface area contributed by atoms with Crippen molar-refractivity contribution >= 4 is 5.69 Å². The van der Waals surface area contributed by atoms with Crippen LogP contribution in [0, 0.1) is 12.1 Å². The summed E-state index contributed by atoms with van der Waals surface area (Å²) in [6, 6.07) is 3.65. The van der Waals surface area contributed by atoms with E-state index in [2.05, 4.69) is 0 Å². The van der Waals surface area contributed by atoms with Crippen molar-refractivity contribution in [1.29, 1.82) is 0 Å². The lowest BCUT2D eigenvalue weighted by Crippen LogP contribution is -2.29. The van der Waals surface area contributed by atoms with E-state index in [0.29, 0.717) is 0 Å². The van der Waals surface area contributed by atoms with E-state index in [1.807, 2.05) is 25.1 Å². The van der Waals surface area contributed by atoms with Crippen LogP contribution in [-0.4, -0.2) is 14.1 Å². The lowest BCUT2D eigenvalue weighted by molar-refractivity contribution is -0.612. The smallest absolute Gasteiger partial charge is 0.191 e. The second-order valence-electron chi connectivity index (χ2n) is 2.75. The Morgan fingerprint density at radius 1 is 1.45 bits per heavy atom. The number of anilines is 1. The highest BCUT2D eigenvalue weighted by Gasteiger charge is 2.00. The summed E-state index contributed by atoms with van der Waals surface area (Å²) in [6.07, 6.45) is 1.52. The summed E-state index contributed by atoms with van der Waals surface area (Å²) in [6.45, 7) is 1.79. The Hall–Kier alpha value is -1.25. The molecule has 0 amide bonds. The second kappa shape index (κ2) is 2.78. The van der Waals surface area contributed by atoms with E-state index in [-0.39, 0.29) is 0 Å². The van der Waals surface area contributed by atoms with Gasteiger partial charge in [-0.05, 0) is 0 Å². The van der Waals surface area contributed by atoms with Gasteiger partial charge < -0.3 is 10.1 Å². The van der Waals surface area contributed by atoms with Crippen LogP contribution in [0.2, 0.25) is 0 Å². The van der Waals surface area contributed by atoms with Gasteiger partial charge in [0.25, 0.3) is 0 Å². The molecule has 0 spiro atoms. The summed E-state index contributed by atoms with van der Waals surface area (Å²) in [4.78, 5) is 1.97. The van der Waals surface area contributed by atoms with E-state index in [1.165, 1.54) is 6.20 Å². The monoisotopic (exact) mass is 152 g/mol. The van der Waals surface area contributed by atoms with Gasteiger partial charge in [-0.2, -0.15) is 4.73 Å². The Kier molecular flexibility index (Phi) is 1.98. The number of hydrogen-bond acceptors (Lipinski definition) is 2. The third kappa shape index (κ3) is 1.61. The predicted molar refractivity (Wildman–Crippen MR) is 44.5 cm³/mol. The average molecular weight is 152 g/mol. The van der Waals surface area contributed by atoms with E-state index >= 15 is 0 Å². The fourth-order valence-electron chi connectivity index (χ4n) is 0.866. The molecule has 1 rings (SSSR count). The normalized spacial score (nSPS) is 9.73. The molecule has 0 radical (unpaired) electrons. The third-order valence-electron chi connectivity index (χ3n) is 1.60. The molecule has 1 aromatic heterocycles. The van der Waals surface area contributed by atoms with Gasteiger partial charge in [-0.3, -0.25) is 0 Å². The topological polar surface area (TPSA) is 30.2 Å². The molecule has 3 heteroatoms. The van der Waals surface area contributed by atoms with Gasteiger partial charge in [0.2, 0.25) is 0 Å². The molecular formula is C8H12N2O. The highest BCUT2D eigenvalue weighted by molar-refractivity contribution is 5.43. The molecule has 0 atom stereocenters. The SMILES string of the molecule is Cc1cc(N(C)C)cc[n+]1[O-]. The molecule has 0 saturated heterocycles. The Bertz CT molecular complexity index is 258. The quantitative estimate of drug-likeness (QED) is 0.438. The van der Waals surface area contributed by atoms with Crippen molar-refractivity contribution in [2.45, 2.75) is 6.92 Å². The molecule has 60 valence electrons. The van der Waals surface area contributed by atoms with Crippen LogP contribution in [0.1, 0.15) is 5.69 Å². The number of rotatable bonds is 1. The number of hydrogen-bond donors (Lipinski definition) is 0. The van der Waals surface area contributed by atoms with E-state index in [0.717, 1.165) is 16.1 Å². The van der Waals surface area contributed by atoms with E-state index < -0.39 is 0 Å². The van der Waals surface area contributed by atoms with Crippen molar-refractivity contribution in [3.05, 3.63) is 29.2 Å². The summed E-state index contributed by atoms with van der Waals surface area (Å²) in [5.41, 5.74) is 1.77. The van der Waals surface area contributed by atoms with Crippen molar-refractivity contribution < 1.29 is 4.73 Å². The molecule has 0 saturated carbocycles. The van der Waals surface area contributed by atoms with Gasteiger partial charge in [-0.15, -0.1) is 0 Å². The highest BCUT2D eigenvalue weighted by Crippen LogP contribution is 2.08. The lowest BCUT2D eigenvalue weighted by Gasteiger charge is -2.11. The molecule has 0 aliphatic carbocycles. The first-order valence-corrected chi connectivity index (χ1v) is 3.48. The number of nitrogens with zero attached hydrogens (tertiary/aromatic N) is 2. The minimum absolute atomic E-state index is 0.719. The van der Waals surface area contributed by atoms with E-state index in [9.17, 15) is 5.21 Å². The molecule has 0 unspecified atom stereocenters. The van der Waals surface area contributed by atoms with Crippen molar-refractivity contribution in [1.82, 2.24) is 0 Å². The van der Waals surface area contributed by atoms with Gasteiger partial charge in [0.05, 0.1) is 0 Å².